The second kappa shape index (κ2) is 41.4. The van der Waals surface area contributed by atoms with E-state index in [-0.39, 0.29) is 25.7 Å². The van der Waals surface area contributed by atoms with E-state index < -0.39 is 20.5 Å². The van der Waals surface area contributed by atoms with Crippen molar-refractivity contribution in [2.45, 2.75) is 231 Å². The number of carbonyl (C=O) groups is 1. The summed E-state index contributed by atoms with van der Waals surface area (Å²) in [5.74, 6) is -0.379. The lowest BCUT2D eigenvalue weighted by atomic mass is 10.0. The lowest BCUT2D eigenvalue weighted by Crippen LogP contribution is -2.23. The predicted octanol–water partition coefficient (Wildman–Crippen LogP) is 12.8. The molecular formula is C43H86NO7P. The van der Waals surface area contributed by atoms with Gasteiger partial charge in [0, 0.05) is 13.0 Å². The zero-order valence-electron chi connectivity index (χ0n) is 34.1. The molecule has 0 amide bonds. The molecule has 0 radical (unpaired) electrons. The molecule has 8 nitrogen and oxygen atoms in total. The van der Waals surface area contributed by atoms with E-state index in [4.69, 9.17) is 10.5 Å². The molecule has 310 valence electrons. The summed E-state index contributed by atoms with van der Waals surface area (Å²) in [4.78, 5) is 21.2. The number of hydrogen-bond acceptors (Lipinski definition) is 7. The average Bonchev–Trinajstić information content (AvgIpc) is 3.14. The van der Waals surface area contributed by atoms with Gasteiger partial charge >= 0.3 is 13.8 Å². The molecule has 0 heterocycles. The van der Waals surface area contributed by atoms with Crippen LogP contribution in [0, 0.1) is 0 Å². The Morgan fingerprint density at radius 3 is 1.27 bits per heavy atom. The van der Waals surface area contributed by atoms with Crippen molar-refractivity contribution in [3.8, 4) is 0 Å². The van der Waals surface area contributed by atoms with E-state index in [0.717, 1.165) is 19.3 Å². The van der Waals surface area contributed by atoms with Crippen LogP contribution in [0.1, 0.15) is 225 Å². The highest BCUT2D eigenvalue weighted by Gasteiger charge is 2.22. The smallest absolute Gasteiger partial charge is 0.463 e. The molecule has 9 heteroatoms. The number of unbranched alkanes of at least 4 members (excludes halogenated alkanes) is 31. The summed E-state index contributed by atoms with van der Waals surface area (Å²) >= 11 is 0. The summed E-state index contributed by atoms with van der Waals surface area (Å²) in [7, 11) is -4.25. The molecule has 0 aliphatic carbocycles. The maximum Gasteiger partial charge on any atom is 0.472 e. The van der Waals surface area contributed by atoms with Crippen molar-refractivity contribution in [2.75, 3.05) is 26.4 Å². The Balaban J connectivity index is 3.24. The molecule has 0 aliphatic rings. The molecule has 0 saturated heterocycles. The third kappa shape index (κ3) is 42.0. The number of ether oxygens (including phenoxy) is 1. The molecule has 0 aromatic rings. The number of phosphoric ester groups is 1. The van der Waals surface area contributed by atoms with Crippen LogP contribution in [-0.2, 0) is 23.1 Å². The van der Waals surface area contributed by atoms with Crippen molar-refractivity contribution in [3.63, 3.8) is 0 Å². The van der Waals surface area contributed by atoms with Gasteiger partial charge in [-0.2, -0.15) is 0 Å². The van der Waals surface area contributed by atoms with Crippen LogP contribution in [0.2, 0.25) is 0 Å². The summed E-state index contributed by atoms with van der Waals surface area (Å²) in [5, 5.41) is 9.77. The van der Waals surface area contributed by atoms with Gasteiger partial charge in [0.1, 0.15) is 12.7 Å². The second-order valence-electron chi connectivity index (χ2n) is 15.1. The molecule has 0 aromatic carbocycles. The van der Waals surface area contributed by atoms with Gasteiger partial charge in [0.2, 0.25) is 0 Å². The van der Waals surface area contributed by atoms with E-state index in [1.807, 2.05) is 0 Å². The van der Waals surface area contributed by atoms with Gasteiger partial charge in [-0.3, -0.25) is 13.8 Å². The first-order valence-electron chi connectivity index (χ1n) is 22.2. The van der Waals surface area contributed by atoms with Gasteiger partial charge in [-0.15, -0.1) is 0 Å². The fourth-order valence-corrected chi connectivity index (χ4v) is 7.34. The van der Waals surface area contributed by atoms with E-state index in [2.05, 4.69) is 28.1 Å². The number of rotatable bonds is 43. The van der Waals surface area contributed by atoms with Crippen molar-refractivity contribution in [3.05, 3.63) is 12.2 Å². The maximum atomic E-state index is 11.8. The Kier molecular flexibility index (Phi) is 40.8. The zero-order chi connectivity index (χ0) is 38.1. The van der Waals surface area contributed by atoms with Gasteiger partial charge in [0.15, 0.2) is 0 Å². The van der Waals surface area contributed by atoms with Crippen LogP contribution in [0.3, 0.4) is 0 Å². The molecule has 0 saturated carbocycles. The molecule has 2 unspecified atom stereocenters. The molecule has 0 spiro atoms. The Labute approximate surface area is 321 Å². The summed E-state index contributed by atoms with van der Waals surface area (Å²) in [5.41, 5.74) is 5.20. The standard InChI is InChI=1S/C43H86NO7P/c1-2-3-4-5-6-7-8-9-10-11-12-13-14-15-16-17-18-19-20-21-22-23-24-25-26-27-28-29-30-31-32-33-34-35-36-37-43(46)49-40-42(45)41-51-52(47,48)50-39-38-44/h11-12,42,45H,2-10,13-41,44H2,1H3,(H,47,48)/b12-11-. The van der Waals surface area contributed by atoms with Crippen molar-refractivity contribution < 1.29 is 33.1 Å². The minimum Gasteiger partial charge on any atom is -0.463 e. The number of aliphatic hydroxyl groups excluding tert-OH is 1. The topological polar surface area (TPSA) is 128 Å². The first-order valence-corrected chi connectivity index (χ1v) is 23.7. The predicted molar refractivity (Wildman–Crippen MR) is 220 cm³/mol. The van der Waals surface area contributed by atoms with E-state index in [1.54, 1.807) is 0 Å². The van der Waals surface area contributed by atoms with E-state index in [0.29, 0.717) is 6.42 Å². The van der Waals surface area contributed by atoms with Gasteiger partial charge in [0.05, 0.1) is 13.2 Å². The van der Waals surface area contributed by atoms with Crippen LogP contribution in [0.25, 0.3) is 0 Å². The van der Waals surface area contributed by atoms with Crippen LogP contribution < -0.4 is 5.73 Å². The molecule has 0 aromatic heterocycles. The molecule has 4 N–H and O–H groups in total. The summed E-state index contributed by atoms with van der Waals surface area (Å²) in [6.07, 6.45) is 48.5. The Hall–Kier alpha value is -0.760. The van der Waals surface area contributed by atoms with Crippen LogP contribution in [0.5, 0.6) is 0 Å². The summed E-state index contributed by atoms with van der Waals surface area (Å²) in [6, 6.07) is 0. The van der Waals surface area contributed by atoms with Crippen LogP contribution >= 0.6 is 7.82 Å². The SMILES string of the molecule is CCCCCCCCCC/C=C\CCCCCCCCCCCCCCCCCCCCCCCCCC(=O)OCC(O)COP(=O)(O)OCCN. The van der Waals surface area contributed by atoms with Crippen molar-refractivity contribution in [1.29, 1.82) is 0 Å². The van der Waals surface area contributed by atoms with E-state index >= 15 is 0 Å². The number of nitrogens with two attached hydrogens (primary N) is 1. The number of allylic oxidation sites excluding steroid dienone is 2. The lowest BCUT2D eigenvalue weighted by Gasteiger charge is -2.15. The van der Waals surface area contributed by atoms with Crippen LogP contribution in [-0.4, -0.2) is 48.4 Å². The summed E-state index contributed by atoms with van der Waals surface area (Å²) in [6.45, 7) is 1.49. The normalized spacial score (nSPS) is 13.5. The number of esters is 1. The molecular weight excluding hydrogens is 673 g/mol. The maximum absolute atomic E-state index is 11.8. The lowest BCUT2D eigenvalue weighted by molar-refractivity contribution is -0.147. The van der Waals surface area contributed by atoms with Crippen molar-refractivity contribution >= 4 is 13.8 Å². The number of carbonyl (C=O) groups excluding carboxylic acids is 1. The van der Waals surface area contributed by atoms with Gasteiger partial charge in [-0.05, 0) is 32.1 Å². The molecule has 0 fully saturated rings. The molecule has 0 rings (SSSR count). The quantitative estimate of drug-likeness (QED) is 0.0243. The van der Waals surface area contributed by atoms with Gasteiger partial charge < -0.3 is 20.5 Å². The molecule has 2 atom stereocenters. The highest BCUT2D eigenvalue weighted by atomic mass is 31.2. The molecule has 52 heavy (non-hydrogen) atoms. The second-order valence-corrected chi connectivity index (χ2v) is 16.6. The van der Waals surface area contributed by atoms with Gasteiger partial charge in [0.25, 0.3) is 0 Å². The van der Waals surface area contributed by atoms with Crippen molar-refractivity contribution in [2.24, 2.45) is 5.73 Å². The highest BCUT2D eigenvalue weighted by molar-refractivity contribution is 7.47. The molecule has 0 bridgehead atoms. The monoisotopic (exact) mass is 760 g/mol. The minimum absolute atomic E-state index is 0.0765. The minimum atomic E-state index is -4.25. The first kappa shape index (κ1) is 51.2. The van der Waals surface area contributed by atoms with Gasteiger partial charge in [-0.1, -0.05) is 199 Å². The fourth-order valence-electron chi connectivity index (χ4n) is 6.57. The third-order valence-electron chi connectivity index (χ3n) is 9.88. The van der Waals surface area contributed by atoms with Crippen LogP contribution in [0.15, 0.2) is 12.2 Å². The van der Waals surface area contributed by atoms with Gasteiger partial charge in [-0.25, -0.2) is 4.57 Å². The number of hydrogen-bond donors (Lipinski definition) is 3. The Morgan fingerprint density at radius 1 is 0.558 bits per heavy atom. The molecule has 0 aliphatic heterocycles. The average molecular weight is 760 g/mol. The summed E-state index contributed by atoms with van der Waals surface area (Å²) < 4.78 is 25.8. The fraction of sp³-hybridized carbons (Fsp3) is 0.930. The Bertz CT molecular complexity index is 812. The van der Waals surface area contributed by atoms with Crippen molar-refractivity contribution in [1.82, 2.24) is 0 Å². The third-order valence-corrected chi connectivity index (χ3v) is 10.9. The number of phosphoric acid groups is 1. The highest BCUT2D eigenvalue weighted by Crippen LogP contribution is 2.42. The number of aliphatic hydroxyl groups is 1. The van der Waals surface area contributed by atoms with E-state index in [1.165, 1.54) is 193 Å². The largest absolute Gasteiger partial charge is 0.472 e. The first-order chi connectivity index (χ1) is 25.4. The van der Waals surface area contributed by atoms with E-state index in [9.17, 15) is 19.4 Å². The zero-order valence-corrected chi connectivity index (χ0v) is 35.0. The Morgan fingerprint density at radius 2 is 0.904 bits per heavy atom. The van der Waals surface area contributed by atoms with Crippen LogP contribution in [0.4, 0.5) is 0 Å².